The summed E-state index contributed by atoms with van der Waals surface area (Å²) in [6.07, 6.45) is 3.78. The number of aromatic nitrogens is 2. The van der Waals surface area contributed by atoms with E-state index in [0.717, 1.165) is 16.7 Å². The Balaban J connectivity index is 2.29. The van der Waals surface area contributed by atoms with Crippen molar-refractivity contribution in [1.29, 1.82) is 5.26 Å². The number of nitriles is 1. The molecule has 0 N–H and O–H groups in total. The Morgan fingerprint density at radius 1 is 1.38 bits per heavy atom. The van der Waals surface area contributed by atoms with Crippen LogP contribution >= 0.6 is 11.6 Å². The van der Waals surface area contributed by atoms with E-state index >= 15 is 0 Å². The molecule has 21 heavy (non-hydrogen) atoms. The standard InChI is InChI=1S/C12H11ClN4O3S/c13-12-15-7-11(8-16-12)21(18,19)17(5-2-4-14)9-10-3-1-6-20-10/h1,3,6-8H,2,5,9H2. The highest BCUT2D eigenvalue weighted by atomic mass is 35.5. The first-order valence-electron chi connectivity index (χ1n) is 5.91. The third-order valence-corrected chi connectivity index (χ3v) is 4.61. The maximum atomic E-state index is 12.5. The molecule has 0 aliphatic heterocycles. The second-order valence-corrected chi connectivity index (χ2v) is 6.29. The van der Waals surface area contributed by atoms with E-state index in [9.17, 15) is 8.42 Å². The van der Waals surface area contributed by atoms with E-state index in [-0.39, 0.29) is 29.7 Å². The lowest BCUT2D eigenvalue weighted by Crippen LogP contribution is -2.31. The molecule has 0 saturated carbocycles. The zero-order chi connectivity index (χ0) is 15.3. The summed E-state index contributed by atoms with van der Waals surface area (Å²) in [5, 5.41) is 8.64. The molecule has 2 aromatic rings. The average Bonchev–Trinajstić information content (AvgIpc) is 2.96. The maximum Gasteiger partial charge on any atom is 0.246 e. The number of halogens is 1. The molecule has 2 heterocycles. The lowest BCUT2D eigenvalue weighted by molar-refractivity contribution is 0.368. The van der Waals surface area contributed by atoms with Gasteiger partial charge in [-0.05, 0) is 23.7 Å². The summed E-state index contributed by atoms with van der Waals surface area (Å²) in [5.74, 6) is 0.478. The molecule has 0 fully saturated rings. The molecule has 0 radical (unpaired) electrons. The van der Waals surface area contributed by atoms with Crippen molar-refractivity contribution in [1.82, 2.24) is 14.3 Å². The van der Waals surface area contributed by atoms with Gasteiger partial charge in [0.05, 0.1) is 31.3 Å². The predicted octanol–water partition coefficient (Wildman–Crippen LogP) is 1.83. The molecule has 110 valence electrons. The highest BCUT2D eigenvalue weighted by molar-refractivity contribution is 7.89. The quantitative estimate of drug-likeness (QED) is 0.751. The van der Waals surface area contributed by atoms with Crippen molar-refractivity contribution in [3.05, 3.63) is 41.8 Å². The monoisotopic (exact) mass is 326 g/mol. The summed E-state index contributed by atoms with van der Waals surface area (Å²) in [6, 6.07) is 5.24. The van der Waals surface area contributed by atoms with Crippen LogP contribution in [0.2, 0.25) is 5.28 Å². The molecule has 0 atom stereocenters. The predicted molar refractivity (Wildman–Crippen MR) is 73.6 cm³/mol. The Morgan fingerprint density at radius 3 is 2.67 bits per heavy atom. The van der Waals surface area contributed by atoms with Crippen LogP contribution < -0.4 is 0 Å². The molecule has 0 unspecified atom stereocenters. The van der Waals surface area contributed by atoms with Crippen LogP contribution in [0.1, 0.15) is 12.2 Å². The summed E-state index contributed by atoms with van der Waals surface area (Å²) in [7, 11) is -3.83. The van der Waals surface area contributed by atoms with Crippen molar-refractivity contribution >= 4 is 21.6 Å². The van der Waals surface area contributed by atoms with E-state index in [1.54, 1.807) is 12.1 Å². The van der Waals surface area contributed by atoms with Crippen LogP contribution in [0, 0.1) is 11.3 Å². The van der Waals surface area contributed by atoms with E-state index < -0.39 is 10.0 Å². The number of furan rings is 1. The second-order valence-electron chi connectivity index (χ2n) is 4.01. The van der Waals surface area contributed by atoms with Crippen molar-refractivity contribution in [2.24, 2.45) is 0 Å². The number of hydrogen-bond donors (Lipinski definition) is 0. The summed E-state index contributed by atoms with van der Waals surface area (Å²) in [4.78, 5) is 7.24. The minimum atomic E-state index is -3.83. The molecular weight excluding hydrogens is 316 g/mol. The van der Waals surface area contributed by atoms with Crippen molar-refractivity contribution < 1.29 is 12.8 Å². The number of hydrogen-bond acceptors (Lipinski definition) is 6. The molecule has 0 spiro atoms. The Hall–Kier alpha value is -1.95. The van der Waals surface area contributed by atoms with Crippen LogP contribution in [0.3, 0.4) is 0 Å². The van der Waals surface area contributed by atoms with E-state index in [2.05, 4.69) is 9.97 Å². The Labute approximate surface area is 126 Å². The summed E-state index contributed by atoms with van der Waals surface area (Å²) < 4.78 is 31.3. The van der Waals surface area contributed by atoms with Crippen LogP contribution in [0.5, 0.6) is 0 Å². The topological polar surface area (TPSA) is 100 Å². The van der Waals surface area contributed by atoms with Crippen LogP contribution in [0.25, 0.3) is 0 Å². The van der Waals surface area contributed by atoms with Gasteiger partial charge in [-0.1, -0.05) is 0 Å². The number of nitrogens with zero attached hydrogens (tertiary/aromatic N) is 4. The van der Waals surface area contributed by atoms with Crippen molar-refractivity contribution in [2.75, 3.05) is 6.54 Å². The van der Waals surface area contributed by atoms with E-state index in [4.69, 9.17) is 21.3 Å². The van der Waals surface area contributed by atoms with Gasteiger partial charge in [0.25, 0.3) is 0 Å². The molecule has 0 saturated heterocycles. The first-order chi connectivity index (χ1) is 10.0. The lowest BCUT2D eigenvalue weighted by atomic mass is 10.4. The summed E-state index contributed by atoms with van der Waals surface area (Å²) in [6.45, 7) is 0.0712. The third kappa shape index (κ3) is 3.78. The number of sulfonamides is 1. The van der Waals surface area contributed by atoms with Gasteiger partial charge in [-0.3, -0.25) is 0 Å². The Morgan fingerprint density at radius 2 is 2.10 bits per heavy atom. The molecule has 0 bridgehead atoms. The minimum absolute atomic E-state index is 0.0274. The average molecular weight is 327 g/mol. The largest absolute Gasteiger partial charge is 0.468 e. The highest BCUT2D eigenvalue weighted by Gasteiger charge is 2.26. The first kappa shape index (κ1) is 15.4. The molecular formula is C12H11ClN4O3S. The van der Waals surface area contributed by atoms with Gasteiger partial charge in [0.1, 0.15) is 10.7 Å². The fourth-order valence-electron chi connectivity index (χ4n) is 1.62. The second kappa shape index (κ2) is 6.67. The van der Waals surface area contributed by atoms with Gasteiger partial charge in [-0.25, -0.2) is 18.4 Å². The van der Waals surface area contributed by atoms with Crippen molar-refractivity contribution in [2.45, 2.75) is 17.9 Å². The molecule has 0 aliphatic rings. The van der Waals surface area contributed by atoms with Crippen LogP contribution in [-0.2, 0) is 16.6 Å². The lowest BCUT2D eigenvalue weighted by Gasteiger charge is -2.19. The zero-order valence-electron chi connectivity index (χ0n) is 10.8. The van der Waals surface area contributed by atoms with E-state index in [1.807, 2.05) is 6.07 Å². The summed E-state index contributed by atoms with van der Waals surface area (Å²) >= 11 is 5.55. The molecule has 9 heteroatoms. The van der Waals surface area contributed by atoms with E-state index in [1.165, 1.54) is 6.26 Å². The highest BCUT2D eigenvalue weighted by Crippen LogP contribution is 2.18. The SMILES string of the molecule is N#CCCN(Cc1ccco1)S(=O)(=O)c1cnc(Cl)nc1. The smallest absolute Gasteiger partial charge is 0.246 e. The van der Waals surface area contributed by atoms with Crippen LogP contribution in [0.4, 0.5) is 0 Å². The minimum Gasteiger partial charge on any atom is -0.468 e. The molecule has 0 amide bonds. The fourth-order valence-corrected chi connectivity index (χ4v) is 3.01. The molecule has 0 aliphatic carbocycles. The first-order valence-corrected chi connectivity index (χ1v) is 7.73. The van der Waals surface area contributed by atoms with Gasteiger partial charge in [0, 0.05) is 13.0 Å². The van der Waals surface area contributed by atoms with Gasteiger partial charge in [0.2, 0.25) is 15.3 Å². The van der Waals surface area contributed by atoms with Gasteiger partial charge in [-0.15, -0.1) is 0 Å². The molecule has 0 aromatic carbocycles. The molecule has 2 rings (SSSR count). The normalized spacial score (nSPS) is 11.5. The number of rotatable bonds is 6. The maximum absolute atomic E-state index is 12.5. The van der Waals surface area contributed by atoms with Gasteiger partial charge in [0.15, 0.2) is 0 Å². The third-order valence-electron chi connectivity index (χ3n) is 2.62. The molecule has 2 aromatic heterocycles. The summed E-state index contributed by atoms with van der Waals surface area (Å²) in [5.41, 5.74) is 0. The Bertz CT molecular complexity index is 723. The van der Waals surface area contributed by atoms with Gasteiger partial charge >= 0.3 is 0 Å². The van der Waals surface area contributed by atoms with Gasteiger partial charge in [-0.2, -0.15) is 9.57 Å². The zero-order valence-corrected chi connectivity index (χ0v) is 12.4. The molecule has 7 nitrogen and oxygen atoms in total. The van der Waals surface area contributed by atoms with Gasteiger partial charge < -0.3 is 4.42 Å². The Kier molecular flexibility index (Phi) is 4.90. The van der Waals surface area contributed by atoms with Crippen molar-refractivity contribution in [3.8, 4) is 6.07 Å². The van der Waals surface area contributed by atoms with Crippen LogP contribution in [0.15, 0.2) is 40.1 Å². The van der Waals surface area contributed by atoms with Crippen molar-refractivity contribution in [3.63, 3.8) is 0 Å². The van der Waals surface area contributed by atoms with E-state index in [0.29, 0.717) is 5.76 Å². The van der Waals surface area contributed by atoms with Crippen LogP contribution in [-0.4, -0.2) is 29.2 Å². The fraction of sp³-hybridized carbons (Fsp3) is 0.250.